The number of aliphatic imine (C=N–C) groups is 1. The van der Waals surface area contributed by atoms with E-state index in [-0.39, 0.29) is 11.6 Å². The zero-order valence-corrected chi connectivity index (χ0v) is 17.4. The third-order valence-corrected chi connectivity index (χ3v) is 5.76. The Labute approximate surface area is 185 Å². The van der Waals surface area contributed by atoms with Crippen LogP contribution in [0, 0.1) is 11.6 Å². The lowest BCUT2D eigenvalue weighted by Gasteiger charge is -2.09. The van der Waals surface area contributed by atoms with E-state index in [2.05, 4.69) is 27.1 Å². The van der Waals surface area contributed by atoms with E-state index < -0.39 is 11.6 Å². The molecular weight excluding hydrogens is 404 g/mol. The summed E-state index contributed by atoms with van der Waals surface area (Å²) in [5.74, 6) is -0.337. The molecule has 0 bridgehead atoms. The second kappa shape index (κ2) is 8.79. The van der Waals surface area contributed by atoms with Gasteiger partial charge in [0.05, 0.1) is 11.6 Å². The van der Waals surface area contributed by atoms with Crippen molar-refractivity contribution < 1.29 is 8.78 Å². The fraction of sp³-hybridized carbons (Fsp3) is 0.148. The van der Waals surface area contributed by atoms with Gasteiger partial charge in [-0.15, -0.1) is 0 Å². The number of hydrogen-bond acceptors (Lipinski definition) is 3. The lowest BCUT2D eigenvalue weighted by Crippen LogP contribution is -2.03. The minimum absolute atomic E-state index is 0.000591. The van der Waals surface area contributed by atoms with E-state index in [1.165, 1.54) is 23.8 Å². The van der Waals surface area contributed by atoms with Crippen molar-refractivity contribution in [3.8, 4) is 11.1 Å². The molecule has 32 heavy (non-hydrogen) atoms. The first-order valence-corrected chi connectivity index (χ1v) is 10.6. The Kier molecular flexibility index (Phi) is 5.55. The number of halogens is 2. The van der Waals surface area contributed by atoms with E-state index in [4.69, 9.17) is 0 Å². The Morgan fingerprint density at radius 3 is 2.12 bits per heavy atom. The molecule has 5 rings (SSSR count). The molecule has 0 amide bonds. The molecule has 0 aliphatic carbocycles. The average Bonchev–Trinajstić information content (AvgIpc) is 3.30. The summed E-state index contributed by atoms with van der Waals surface area (Å²) in [6.07, 6.45) is 5.67. The van der Waals surface area contributed by atoms with E-state index in [1.807, 2.05) is 54.9 Å². The minimum atomic E-state index is -0.560. The van der Waals surface area contributed by atoms with E-state index in [1.54, 1.807) is 0 Å². The van der Waals surface area contributed by atoms with Crippen LogP contribution in [0.25, 0.3) is 11.1 Å². The number of benzene rings is 3. The van der Waals surface area contributed by atoms with Gasteiger partial charge in [-0.1, -0.05) is 60.7 Å². The molecule has 0 N–H and O–H groups in total. The molecule has 5 heteroatoms. The molecule has 1 unspecified atom stereocenters. The molecule has 0 saturated carbocycles. The summed E-state index contributed by atoms with van der Waals surface area (Å²) in [7, 11) is 0. The van der Waals surface area contributed by atoms with Gasteiger partial charge in [0, 0.05) is 30.1 Å². The van der Waals surface area contributed by atoms with Crippen molar-refractivity contribution in [2.75, 3.05) is 0 Å². The Morgan fingerprint density at radius 1 is 0.750 bits per heavy atom. The molecule has 3 aromatic carbocycles. The summed E-state index contributed by atoms with van der Waals surface area (Å²) in [6.45, 7) is 0. The maximum atomic E-state index is 14.1. The van der Waals surface area contributed by atoms with E-state index in [9.17, 15) is 8.78 Å². The van der Waals surface area contributed by atoms with Crippen molar-refractivity contribution in [3.63, 3.8) is 0 Å². The molecule has 0 spiro atoms. The van der Waals surface area contributed by atoms with Gasteiger partial charge in [0.2, 0.25) is 0 Å². The highest BCUT2D eigenvalue weighted by Gasteiger charge is 2.24. The second-order valence-electron chi connectivity index (χ2n) is 7.90. The highest BCUT2D eigenvalue weighted by molar-refractivity contribution is 6.02. The fourth-order valence-electron chi connectivity index (χ4n) is 4.07. The Bertz CT molecular complexity index is 1230. The number of hydrogen-bond donors (Lipinski definition) is 0. The van der Waals surface area contributed by atoms with Gasteiger partial charge in [-0.2, -0.15) is 0 Å². The van der Waals surface area contributed by atoms with Gasteiger partial charge in [-0.05, 0) is 41.7 Å². The van der Waals surface area contributed by atoms with Crippen LogP contribution in [0.3, 0.4) is 0 Å². The van der Waals surface area contributed by atoms with Crippen molar-refractivity contribution >= 4 is 5.71 Å². The number of aromatic nitrogens is 2. The summed E-state index contributed by atoms with van der Waals surface area (Å²) >= 11 is 0. The van der Waals surface area contributed by atoms with E-state index in [0.717, 1.165) is 28.9 Å². The van der Waals surface area contributed by atoms with Crippen LogP contribution in [-0.4, -0.2) is 15.7 Å². The molecule has 3 nitrogen and oxygen atoms in total. The third kappa shape index (κ3) is 4.19. The van der Waals surface area contributed by atoms with E-state index >= 15 is 0 Å². The molecule has 4 aromatic rings. The molecule has 2 heterocycles. The number of nitrogens with zero attached hydrogens (tertiary/aromatic N) is 3. The van der Waals surface area contributed by atoms with Crippen molar-refractivity contribution in [1.82, 2.24) is 9.97 Å². The standard InChI is InChI=1S/C27H21F2N3/c28-22-7-4-8-23(29)27(22)25-14-13-24(32-25)20-11-9-19(10-12-20)21-16-30-26(31-17-21)15-18-5-2-1-3-6-18/h1-12,16-17,24H,13-15H2. The normalized spacial score (nSPS) is 15.6. The second-order valence-corrected chi connectivity index (χ2v) is 7.90. The van der Waals surface area contributed by atoms with Gasteiger partial charge in [-0.25, -0.2) is 18.7 Å². The summed E-state index contributed by atoms with van der Waals surface area (Å²) in [5, 5.41) is 0. The molecule has 158 valence electrons. The topological polar surface area (TPSA) is 38.1 Å². The van der Waals surface area contributed by atoms with Gasteiger partial charge >= 0.3 is 0 Å². The van der Waals surface area contributed by atoms with Crippen LogP contribution >= 0.6 is 0 Å². The summed E-state index contributed by atoms with van der Waals surface area (Å²) in [5.41, 5.74) is 4.66. The highest BCUT2D eigenvalue weighted by Crippen LogP contribution is 2.33. The molecule has 1 aliphatic rings. The smallest absolute Gasteiger partial charge is 0.135 e. The maximum Gasteiger partial charge on any atom is 0.135 e. The molecule has 0 radical (unpaired) electrons. The molecular formula is C27H21F2N3. The first kappa shape index (κ1) is 20.2. The lowest BCUT2D eigenvalue weighted by atomic mass is 10.00. The zero-order chi connectivity index (χ0) is 21.9. The van der Waals surface area contributed by atoms with Crippen LogP contribution < -0.4 is 0 Å². The first-order chi connectivity index (χ1) is 15.7. The SMILES string of the molecule is Fc1cccc(F)c1C1=NC(c2ccc(-c3cnc(Cc4ccccc4)nc3)cc2)CC1. The molecule has 1 aliphatic heterocycles. The molecule has 0 saturated heterocycles. The monoisotopic (exact) mass is 425 g/mol. The van der Waals surface area contributed by atoms with Gasteiger partial charge in [0.15, 0.2) is 0 Å². The van der Waals surface area contributed by atoms with Gasteiger partial charge in [-0.3, -0.25) is 4.99 Å². The summed E-state index contributed by atoms with van der Waals surface area (Å²) < 4.78 is 28.2. The highest BCUT2D eigenvalue weighted by atomic mass is 19.1. The minimum Gasteiger partial charge on any atom is -0.281 e. The van der Waals surface area contributed by atoms with Crippen molar-refractivity contribution in [2.24, 2.45) is 4.99 Å². The quantitative estimate of drug-likeness (QED) is 0.374. The fourth-order valence-corrected chi connectivity index (χ4v) is 4.07. The first-order valence-electron chi connectivity index (χ1n) is 10.6. The average molecular weight is 425 g/mol. The van der Waals surface area contributed by atoms with Crippen LogP contribution in [0.2, 0.25) is 0 Å². The van der Waals surface area contributed by atoms with Crippen LogP contribution in [0.5, 0.6) is 0 Å². The Balaban J connectivity index is 1.31. The number of rotatable bonds is 5. The van der Waals surface area contributed by atoms with Gasteiger partial charge in [0.1, 0.15) is 17.5 Å². The van der Waals surface area contributed by atoms with Crippen LogP contribution in [0.15, 0.2) is 90.2 Å². The van der Waals surface area contributed by atoms with Crippen LogP contribution in [-0.2, 0) is 6.42 Å². The molecule has 1 atom stereocenters. The Hall–Kier alpha value is -3.73. The van der Waals surface area contributed by atoms with E-state index in [0.29, 0.717) is 18.6 Å². The maximum absolute atomic E-state index is 14.1. The van der Waals surface area contributed by atoms with Crippen LogP contribution in [0.1, 0.15) is 41.4 Å². The Morgan fingerprint density at radius 2 is 1.44 bits per heavy atom. The van der Waals surface area contributed by atoms with Gasteiger partial charge < -0.3 is 0 Å². The van der Waals surface area contributed by atoms with Crippen LogP contribution in [0.4, 0.5) is 8.78 Å². The van der Waals surface area contributed by atoms with Crippen molar-refractivity contribution in [1.29, 1.82) is 0 Å². The summed E-state index contributed by atoms with van der Waals surface area (Å²) in [4.78, 5) is 13.6. The zero-order valence-electron chi connectivity index (χ0n) is 17.4. The molecule has 0 fully saturated rings. The summed E-state index contributed by atoms with van der Waals surface area (Å²) in [6, 6.07) is 22.0. The molecule has 1 aromatic heterocycles. The third-order valence-electron chi connectivity index (χ3n) is 5.76. The van der Waals surface area contributed by atoms with Crippen molar-refractivity contribution in [2.45, 2.75) is 25.3 Å². The largest absolute Gasteiger partial charge is 0.281 e. The predicted molar refractivity (Wildman–Crippen MR) is 122 cm³/mol. The lowest BCUT2D eigenvalue weighted by molar-refractivity contribution is 0.578. The predicted octanol–water partition coefficient (Wildman–Crippen LogP) is 6.34. The van der Waals surface area contributed by atoms with Gasteiger partial charge in [0.25, 0.3) is 0 Å². The van der Waals surface area contributed by atoms with Crippen molar-refractivity contribution in [3.05, 3.63) is 119 Å².